The molecule has 0 bridgehead atoms. The molecule has 0 aliphatic carbocycles. The van der Waals surface area contributed by atoms with E-state index in [0.717, 1.165) is 38.4 Å². The van der Waals surface area contributed by atoms with Gasteiger partial charge in [0.1, 0.15) is 11.8 Å². The van der Waals surface area contributed by atoms with Crippen molar-refractivity contribution in [3.05, 3.63) is 87.9 Å². The van der Waals surface area contributed by atoms with E-state index in [0.29, 0.717) is 10.7 Å². The van der Waals surface area contributed by atoms with Crippen LogP contribution >= 0.6 is 11.3 Å². The number of aromatic nitrogens is 2. The van der Waals surface area contributed by atoms with Crippen LogP contribution in [0.1, 0.15) is 73.6 Å². The van der Waals surface area contributed by atoms with Crippen molar-refractivity contribution in [1.82, 2.24) is 15.3 Å². The van der Waals surface area contributed by atoms with Gasteiger partial charge in [-0.3, -0.25) is 14.4 Å². The highest BCUT2D eigenvalue weighted by Gasteiger charge is 2.27. The summed E-state index contributed by atoms with van der Waals surface area (Å²) in [7, 11) is 0. The van der Waals surface area contributed by atoms with Gasteiger partial charge in [-0.15, -0.1) is 11.3 Å². The summed E-state index contributed by atoms with van der Waals surface area (Å²) in [6.45, 7) is 13.7. The first kappa shape index (κ1) is 33.5. The maximum atomic E-state index is 13.2. The average Bonchev–Trinajstić information content (AvgIpc) is 3.50. The van der Waals surface area contributed by atoms with Crippen LogP contribution in [-0.2, 0) is 21.4 Å². The number of rotatable bonds is 12. The molecule has 2 aromatic heterocycles. The van der Waals surface area contributed by atoms with Crippen LogP contribution in [0.4, 0.5) is 0 Å². The molecule has 4 rings (SSSR count). The van der Waals surface area contributed by atoms with E-state index < -0.39 is 23.8 Å². The lowest BCUT2D eigenvalue weighted by Gasteiger charge is -2.18. The molecule has 2 heterocycles. The molecule has 0 unspecified atom stereocenters. The summed E-state index contributed by atoms with van der Waals surface area (Å²) < 4.78 is 5.84. The lowest BCUT2D eigenvalue weighted by molar-refractivity contribution is -0.141. The van der Waals surface area contributed by atoms with Crippen molar-refractivity contribution in [2.75, 3.05) is 0 Å². The fourth-order valence-corrected chi connectivity index (χ4v) is 5.79. The number of hydrogen-bond donors (Lipinski definition) is 2. The number of aliphatic carboxylic acids is 1. The number of thiophene rings is 1. The number of carboxylic acids is 1. The van der Waals surface area contributed by atoms with Gasteiger partial charge in [0.25, 0.3) is 0 Å². The van der Waals surface area contributed by atoms with Crippen LogP contribution in [0.3, 0.4) is 0 Å². The Balaban J connectivity index is 1.49. The highest BCUT2D eigenvalue weighted by molar-refractivity contribution is 7.14. The second kappa shape index (κ2) is 14.2. The highest BCUT2D eigenvalue weighted by atomic mass is 32.1. The van der Waals surface area contributed by atoms with Crippen LogP contribution in [0.25, 0.3) is 22.5 Å². The number of benzene rings is 2. The summed E-state index contributed by atoms with van der Waals surface area (Å²) in [5.41, 5.74) is 4.49. The summed E-state index contributed by atoms with van der Waals surface area (Å²) in [6.07, 6.45) is 3.93. The number of amides is 1. The Morgan fingerprint density at radius 1 is 0.911 bits per heavy atom. The minimum atomic E-state index is -1.14. The van der Waals surface area contributed by atoms with Gasteiger partial charge in [-0.25, -0.2) is 9.97 Å². The van der Waals surface area contributed by atoms with Crippen LogP contribution in [0.2, 0.25) is 0 Å². The number of hydrogen-bond acceptors (Lipinski definition) is 7. The molecule has 8 nitrogen and oxygen atoms in total. The molecule has 4 aromatic rings. The number of nitrogens with zero attached hydrogens (tertiary/aromatic N) is 2. The molecular weight excluding hydrogens is 586 g/mol. The van der Waals surface area contributed by atoms with Gasteiger partial charge in [-0.1, -0.05) is 51.1 Å². The maximum absolute atomic E-state index is 13.2. The quantitative estimate of drug-likeness (QED) is 0.158. The van der Waals surface area contributed by atoms with Gasteiger partial charge < -0.3 is 15.2 Å². The van der Waals surface area contributed by atoms with E-state index in [1.807, 2.05) is 63.2 Å². The number of Topliss-reactive ketones (excluding diaryl/α,β-unsaturated/α-hetero) is 1. The summed E-state index contributed by atoms with van der Waals surface area (Å²) in [6, 6.07) is 16.2. The number of carboxylic acid groups (broad SMARTS) is 1. The molecule has 0 aliphatic rings. The molecule has 1 amide bonds. The van der Waals surface area contributed by atoms with Gasteiger partial charge in [0, 0.05) is 40.7 Å². The first-order valence-electron chi connectivity index (χ1n) is 15.1. The Bertz CT molecular complexity index is 1650. The third-order valence-electron chi connectivity index (χ3n) is 7.37. The van der Waals surface area contributed by atoms with Gasteiger partial charge in [0.05, 0.1) is 11.0 Å². The number of carbonyl (C=O) groups is 3. The molecule has 0 saturated heterocycles. The van der Waals surface area contributed by atoms with E-state index in [9.17, 15) is 19.5 Å². The van der Waals surface area contributed by atoms with Crippen LogP contribution in [0, 0.1) is 12.8 Å². The molecule has 2 N–H and O–H groups in total. The topological polar surface area (TPSA) is 118 Å². The minimum Gasteiger partial charge on any atom is -0.491 e. The zero-order valence-electron chi connectivity index (χ0n) is 26.9. The predicted molar refractivity (Wildman–Crippen MR) is 178 cm³/mol. The second-order valence-electron chi connectivity index (χ2n) is 12.6. The van der Waals surface area contributed by atoms with Crippen molar-refractivity contribution in [2.24, 2.45) is 5.92 Å². The van der Waals surface area contributed by atoms with Crippen molar-refractivity contribution >= 4 is 29.0 Å². The second-order valence-corrected chi connectivity index (χ2v) is 13.7. The van der Waals surface area contributed by atoms with Gasteiger partial charge in [-0.05, 0) is 80.5 Å². The molecule has 0 aliphatic heterocycles. The van der Waals surface area contributed by atoms with Gasteiger partial charge in [-0.2, -0.15) is 0 Å². The van der Waals surface area contributed by atoms with E-state index >= 15 is 0 Å². The fraction of sp³-hybridized carbons (Fsp3) is 0.361. The van der Waals surface area contributed by atoms with Gasteiger partial charge in [0.15, 0.2) is 11.6 Å². The van der Waals surface area contributed by atoms with Crippen molar-refractivity contribution in [2.45, 2.75) is 78.9 Å². The monoisotopic (exact) mass is 627 g/mol. The molecule has 2 atom stereocenters. The van der Waals surface area contributed by atoms with E-state index in [-0.39, 0.29) is 30.1 Å². The zero-order chi connectivity index (χ0) is 32.9. The van der Waals surface area contributed by atoms with Crippen LogP contribution in [0.15, 0.2) is 67.0 Å². The molecule has 2 aromatic carbocycles. The highest BCUT2D eigenvalue weighted by Crippen LogP contribution is 2.31. The van der Waals surface area contributed by atoms with Crippen molar-refractivity contribution in [3.63, 3.8) is 0 Å². The smallest absolute Gasteiger partial charge is 0.325 e. The van der Waals surface area contributed by atoms with Crippen molar-refractivity contribution < 1.29 is 24.2 Å². The third-order valence-corrected chi connectivity index (χ3v) is 8.92. The summed E-state index contributed by atoms with van der Waals surface area (Å²) in [5, 5.41) is 11.9. The lowest BCUT2D eigenvalue weighted by atomic mass is 9.92. The molecule has 0 radical (unpaired) electrons. The SMILES string of the molecule is Cc1cc(-c2cnc(-c3ccc(C[C@H](CC(=O)c4ccc(C(C)(C)C)s4)C(=O)N[C@H](C)C(=O)O)cc3)nc2)ccc1OC(C)C. The number of ketones is 1. The van der Waals surface area contributed by atoms with E-state index in [1.165, 1.54) is 18.3 Å². The maximum Gasteiger partial charge on any atom is 0.325 e. The van der Waals surface area contributed by atoms with E-state index in [4.69, 9.17) is 4.74 Å². The largest absolute Gasteiger partial charge is 0.491 e. The molecular formula is C36H41N3O5S. The van der Waals surface area contributed by atoms with Crippen molar-refractivity contribution in [1.29, 1.82) is 0 Å². The van der Waals surface area contributed by atoms with Crippen LogP contribution in [-0.4, -0.2) is 44.9 Å². The Morgan fingerprint density at radius 3 is 2.11 bits per heavy atom. The molecule has 45 heavy (non-hydrogen) atoms. The third kappa shape index (κ3) is 8.85. The summed E-state index contributed by atoms with van der Waals surface area (Å²) in [4.78, 5) is 48.6. The zero-order valence-corrected chi connectivity index (χ0v) is 27.7. The summed E-state index contributed by atoms with van der Waals surface area (Å²) >= 11 is 1.43. The lowest BCUT2D eigenvalue weighted by Crippen LogP contribution is -2.42. The number of nitrogens with one attached hydrogen (secondary N) is 1. The van der Waals surface area contributed by atoms with Crippen molar-refractivity contribution in [3.8, 4) is 28.3 Å². The average molecular weight is 628 g/mol. The Kier molecular flexibility index (Phi) is 10.5. The standard InChI is InChI=1S/C36H41N3O5S/c1-21(2)44-30-13-12-26(16-22(30)3)28-19-37-33(38-20-28)25-10-8-24(9-11-25)17-27(34(41)39-23(4)35(42)43)18-29(40)31-14-15-32(45-31)36(5,6)7/h8-16,19-21,23,27H,17-18H2,1-7H3,(H,39,41)(H,42,43)/t23-,27-/m1/s1. The van der Waals surface area contributed by atoms with E-state index in [2.05, 4.69) is 42.1 Å². The number of aryl methyl sites for hydroxylation is 1. The fourth-order valence-electron chi connectivity index (χ4n) is 4.78. The number of ether oxygens (including phenoxy) is 1. The number of carbonyl (C=O) groups excluding carboxylic acids is 2. The van der Waals surface area contributed by atoms with Crippen LogP contribution in [0.5, 0.6) is 5.75 Å². The Morgan fingerprint density at radius 2 is 1.56 bits per heavy atom. The first-order chi connectivity index (χ1) is 21.2. The first-order valence-corrected chi connectivity index (χ1v) is 15.9. The predicted octanol–water partition coefficient (Wildman–Crippen LogP) is 7.29. The van der Waals surface area contributed by atoms with Gasteiger partial charge in [0.2, 0.25) is 5.91 Å². The Labute approximate surface area is 268 Å². The molecule has 9 heteroatoms. The molecule has 0 fully saturated rings. The molecule has 0 spiro atoms. The molecule has 0 saturated carbocycles. The normalized spacial score (nSPS) is 12.9. The summed E-state index contributed by atoms with van der Waals surface area (Å²) in [5.74, 6) is -1.05. The Hall–Kier alpha value is -4.37. The minimum absolute atomic E-state index is 0.0291. The van der Waals surface area contributed by atoms with Crippen LogP contribution < -0.4 is 10.1 Å². The molecule has 236 valence electrons. The van der Waals surface area contributed by atoms with E-state index in [1.54, 1.807) is 18.5 Å². The van der Waals surface area contributed by atoms with Gasteiger partial charge >= 0.3 is 5.97 Å².